The maximum atomic E-state index is 13.0. The molecule has 0 fully saturated rings. The van der Waals surface area contributed by atoms with Crippen molar-refractivity contribution in [3.8, 4) is 0 Å². The van der Waals surface area contributed by atoms with Gasteiger partial charge in [-0.1, -0.05) is 23.7 Å². The molecule has 0 N–H and O–H groups in total. The van der Waals surface area contributed by atoms with E-state index in [-0.39, 0.29) is 18.0 Å². The van der Waals surface area contributed by atoms with Crippen molar-refractivity contribution < 1.29 is 9.18 Å². The Kier molecular flexibility index (Phi) is 3.78. The van der Waals surface area contributed by atoms with E-state index in [1.165, 1.54) is 12.1 Å². The lowest BCUT2D eigenvalue weighted by Crippen LogP contribution is -2.04. The summed E-state index contributed by atoms with van der Waals surface area (Å²) in [4.78, 5) is 12.0. The molecule has 0 radical (unpaired) electrons. The maximum Gasteiger partial charge on any atom is 0.167 e. The molecule has 0 bridgehead atoms. The highest BCUT2D eigenvalue weighted by Gasteiger charge is 2.08. The van der Waals surface area contributed by atoms with Crippen LogP contribution in [-0.4, -0.2) is 5.78 Å². The summed E-state index contributed by atoms with van der Waals surface area (Å²) in [5.74, 6) is -0.368. The van der Waals surface area contributed by atoms with Crippen LogP contribution in [0.5, 0.6) is 0 Å². The van der Waals surface area contributed by atoms with Crippen molar-refractivity contribution in [3.63, 3.8) is 0 Å². The van der Waals surface area contributed by atoms with Crippen molar-refractivity contribution in [2.75, 3.05) is 0 Å². The summed E-state index contributed by atoms with van der Waals surface area (Å²) in [6, 6.07) is 11.2. The molecule has 0 atom stereocenters. The number of halogens is 2. The fraction of sp³-hybridized carbons (Fsp3) is 0.133. The van der Waals surface area contributed by atoms with Gasteiger partial charge in [0.1, 0.15) is 5.82 Å². The number of carbonyl (C=O) groups excluding carboxylic acids is 1. The van der Waals surface area contributed by atoms with E-state index in [2.05, 4.69) is 0 Å². The molecule has 0 unspecified atom stereocenters. The van der Waals surface area contributed by atoms with E-state index >= 15 is 0 Å². The number of Topliss-reactive ketones (excluding diaryl/α,β-unsaturated/α-hetero) is 1. The zero-order valence-corrected chi connectivity index (χ0v) is 10.7. The molecule has 0 aliphatic heterocycles. The monoisotopic (exact) mass is 262 g/mol. The molecular formula is C15H12ClFO. The van der Waals surface area contributed by atoms with Gasteiger partial charge in [0.05, 0.1) is 0 Å². The number of hydrogen-bond donors (Lipinski definition) is 0. The Morgan fingerprint density at radius 2 is 2.00 bits per heavy atom. The fourth-order valence-corrected chi connectivity index (χ4v) is 1.87. The van der Waals surface area contributed by atoms with Crippen molar-refractivity contribution in [1.29, 1.82) is 0 Å². The largest absolute Gasteiger partial charge is 0.294 e. The molecule has 0 aromatic heterocycles. The minimum Gasteiger partial charge on any atom is -0.294 e. The van der Waals surface area contributed by atoms with Crippen LogP contribution in [-0.2, 0) is 6.42 Å². The number of carbonyl (C=O) groups is 1. The molecule has 0 aliphatic rings. The van der Waals surface area contributed by atoms with Crippen LogP contribution in [0.4, 0.5) is 4.39 Å². The first-order chi connectivity index (χ1) is 8.56. The van der Waals surface area contributed by atoms with Crippen LogP contribution in [0.1, 0.15) is 21.5 Å². The SMILES string of the molecule is Cc1cc(C(=O)Cc2cccc(F)c2)ccc1Cl. The van der Waals surface area contributed by atoms with Crippen LogP contribution in [0.25, 0.3) is 0 Å². The summed E-state index contributed by atoms with van der Waals surface area (Å²) in [6.07, 6.45) is 0.193. The highest BCUT2D eigenvalue weighted by Crippen LogP contribution is 2.17. The lowest BCUT2D eigenvalue weighted by Gasteiger charge is -2.04. The van der Waals surface area contributed by atoms with Gasteiger partial charge in [-0.25, -0.2) is 4.39 Å². The minimum absolute atomic E-state index is 0.0413. The van der Waals surface area contributed by atoms with Gasteiger partial charge in [0.2, 0.25) is 0 Å². The van der Waals surface area contributed by atoms with Crippen LogP contribution >= 0.6 is 11.6 Å². The Morgan fingerprint density at radius 3 is 2.67 bits per heavy atom. The van der Waals surface area contributed by atoms with E-state index in [0.717, 1.165) is 5.56 Å². The van der Waals surface area contributed by atoms with Crippen molar-refractivity contribution in [3.05, 3.63) is 70.0 Å². The van der Waals surface area contributed by atoms with Crippen LogP contribution in [0.3, 0.4) is 0 Å². The van der Waals surface area contributed by atoms with Gasteiger partial charge in [-0.05, 0) is 48.4 Å². The molecule has 0 aliphatic carbocycles. The molecule has 0 amide bonds. The molecular weight excluding hydrogens is 251 g/mol. The number of hydrogen-bond acceptors (Lipinski definition) is 1. The maximum absolute atomic E-state index is 13.0. The highest BCUT2D eigenvalue weighted by atomic mass is 35.5. The van der Waals surface area contributed by atoms with Crippen LogP contribution in [0.15, 0.2) is 42.5 Å². The third kappa shape index (κ3) is 2.96. The number of aryl methyl sites for hydroxylation is 1. The molecule has 2 rings (SSSR count). The number of rotatable bonds is 3. The number of ketones is 1. The standard InChI is InChI=1S/C15H12ClFO/c1-10-7-12(5-6-14(10)16)15(18)9-11-3-2-4-13(17)8-11/h2-8H,9H2,1H3. The second-order valence-electron chi connectivity index (χ2n) is 4.19. The van der Waals surface area contributed by atoms with Gasteiger partial charge in [-0.3, -0.25) is 4.79 Å². The Morgan fingerprint density at radius 1 is 1.22 bits per heavy atom. The fourth-order valence-electron chi connectivity index (χ4n) is 1.75. The van der Waals surface area contributed by atoms with Gasteiger partial charge >= 0.3 is 0 Å². The summed E-state index contributed by atoms with van der Waals surface area (Å²) >= 11 is 5.91. The smallest absolute Gasteiger partial charge is 0.167 e. The zero-order valence-electron chi connectivity index (χ0n) is 9.91. The average molecular weight is 263 g/mol. The quantitative estimate of drug-likeness (QED) is 0.757. The molecule has 18 heavy (non-hydrogen) atoms. The van der Waals surface area contributed by atoms with E-state index in [1.54, 1.807) is 30.3 Å². The zero-order chi connectivity index (χ0) is 13.1. The molecule has 2 aromatic rings. The summed E-state index contributed by atoms with van der Waals surface area (Å²) in [5, 5.41) is 0.636. The molecule has 0 heterocycles. The Labute approximate surface area is 110 Å². The van der Waals surface area contributed by atoms with E-state index in [1.807, 2.05) is 6.92 Å². The van der Waals surface area contributed by atoms with Crippen LogP contribution in [0, 0.1) is 12.7 Å². The molecule has 3 heteroatoms. The van der Waals surface area contributed by atoms with E-state index in [9.17, 15) is 9.18 Å². The lowest BCUT2D eigenvalue weighted by molar-refractivity contribution is 0.0993. The van der Waals surface area contributed by atoms with Crippen LogP contribution < -0.4 is 0 Å². The second-order valence-corrected chi connectivity index (χ2v) is 4.60. The Balaban J connectivity index is 2.19. The van der Waals surface area contributed by atoms with Gasteiger partial charge in [-0.2, -0.15) is 0 Å². The lowest BCUT2D eigenvalue weighted by atomic mass is 10.0. The van der Waals surface area contributed by atoms with Crippen LogP contribution in [0.2, 0.25) is 5.02 Å². The first kappa shape index (κ1) is 12.8. The first-order valence-corrected chi connectivity index (χ1v) is 5.98. The van der Waals surface area contributed by atoms with Crippen molar-refractivity contribution in [2.24, 2.45) is 0 Å². The van der Waals surface area contributed by atoms with E-state index in [0.29, 0.717) is 16.1 Å². The molecule has 0 spiro atoms. The summed E-state index contributed by atoms with van der Waals surface area (Å²) in [5.41, 5.74) is 2.13. The van der Waals surface area contributed by atoms with Gasteiger partial charge < -0.3 is 0 Å². The third-order valence-corrected chi connectivity index (χ3v) is 3.16. The predicted octanol–water partition coefficient (Wildman–Crippen LogP) is 4.21. The van der Waals surface area contributed by atoms with Gasteiger partial charge in [0, 0.05) is 17.0 Å². The van der Waals surface area contributed by atoms with E-state index < -0.39 is 0 Å². The predicted molar refractivity (Wildman–Crippen MR) is 70.6 cm³/mol. The molecule has 0 saturated carbocycles. The molecule has 1 nitrogen and oxygen atoms in total. The third-order valence-electron chi connectivity index (χ3n) is 2.73. The molecule has 2 aromatic carbocycles. The second kappa shape index (κ2) is 5.32. The number of benzene rings is 2. The minimum atomic E-state index is -0.326. The van der Waals surface area contributed by atoms with Gasteiger partial charge in [0.15, 0.2) is 5.78 Å². The van der Waals surface area contributed by atoms with Crippen molar-refractivity contribution in [1.82, 2.24) is 0 Å². The normalized spacial score (nSPS) is 10.4. The molecule has 0 saturated heterocycles. The molecule has 92 valence electrons. The average Bonchev–Trinajstić information content (AvgIpc) is 2.32. The summed E-state index contributed by atoms with van der Waals surface area (Å²) in [6.45, 7) is 1.85. The highest BCUT2D eigenvalue weighted by molar-refractivity contribution is 6.31. The summed E-state index contributed by atoms with van der Waals surface area (Å²) < 4.78 is 13.0. The van der Waals surface area contributed by atoms with Crippen molar-refractivity contribution in [2.45, 2.75) is 13.3 Å². The Bertz CT molecular complexity index is 593. The van der Waals surface area contributed by atoms with Gasteiger partial charge in [0.25, 0.3) is 0 Å². The first-order valence-electron chi connectivity index (χ1n) is 5.60. The Hall–Kier alpha value is -1.67. The van der Waals surface area contributed by atoms with E-state index in [4.69, 9.17) is 11.6 Å². The van der Waals surface area contributed by atoms with Crippen molar-refractivity contribution >= 4 is 17.4 Å². The topological polar surface area (TPSA) is 17.1 Å². The summed E-state index contributed by atoms with van der Waals surface area (Å²) in [7, 11) is 0. The van der Waals surface area contributed by atoms with Gasteiger partial charge in [-0.15, -0.1) is 0 Å².